The number of benzene rings is 1. The number of carbonyl (C=O) groups is 4. The Morgan fingerprint density at radius 3 is 2.54 bits per heavy atom. The van der Waals surface area contributed by atoms with Gasteiger partial charge in [0.25, 0.3) is 5.91 Å². The van der Waals surface area contributed by atoms with Gasteiger partial charge in [0.15, 0.2) is 0 Å². The number of amides is 3. The number of primary amides is 1. The molecule has 2 rings (SSSR count). The second-order valence-corrected chi connectivity index (χ2v) is 6.24. The number of Topliss-reactive ketones (excluding diaryl/α,β-unsaturated/α-hetero) is 1. The molecule has 1 aromatic carbocycles. The molecule has 0 spiro atoms. The number of carbonyl (C=O) groups excluding carboxylic acids is 4. The van der Waals surface area contributed by atoms with Crippen LogP contribution < -0.4 is 11.1 Å². The Hall–Kier alpha value is -2.90. The maximum atomic E-state index is 12.6. The molecule has 3 atom stereocenters. The SMILES string of the molecule is CC[C@@H](C(=O)C(N)=O)N1C(=O)[C@@H](NC(=O)OCc2ccccc2)CC1C. The average molecular weight is 361 g/mol. The minimum atomic E-state index is -1.07. The van der Waals surface area contributed by atoms with Gasteiger partial charge in [-0.05, 0) is 25.3 Å². The van der Waals surface area contributed by atoms with Crippen LogP contribution in [0.25, 0.3) is 0 Å². The second-order valence-electron chi connectivity index (χ2n) is 6.24. The molecule has 0 aliphatic carbocycles. The maximum Gasteiger partial charge on any atom is 0.408 e. The topological polar surface area (TPSA) is 119 Å². The highest BCUT2D eigenvalue weighted by molar-refractivity contribution is 6.37. The van der Waals surface area contributed by atoms with Crippen LogP contribution in [0.15, 0.2) is 30.3 Å². The quantitative estimate of drug-likeness (QED) is 0.694. The third-order valence-electron chi connectivity index (χ3n) is 4.38. The van der Waals surface area contributed by atoms with E-state index in [4.69, 9.17) is 10.5 Å². The van der Waals surface area contributed by atoms with E-state index >= 15 is 0 Å². The van der Waals surface area contributed by atoms with Gasteiger partial charge < -0.3 is 20.7 Å². The van der Waals surface area contributed by atoms with Crippen LogP contribution in [-0.4, -0.2) is 46.7 Å². The first-order valence-corrected chi connectivity index (χ1v) is 8.48. The third-order valence-corrected chi connectivity index (χ3v) is 4.38. The van der Waals surface area contributed by atoms with Crippen molar-refractivity contribution < 1.29 is 23.9 Å². The fourth-order valence-corrected chi connectivity index (χ4v) is 3.11. The standard InChI is InChI=1S/C18H23N3O5/c1-3-14(15(22)16(19)23)21-11(2)9-13(17(21)24)20-18(25)26-10-12-7-5-4-6-8-12/h4-8,11,13-14H,3,9-10H2,1-2H3,(H2,19,23)(H,20,25)/t11?,13-,14-/m0/s1. The molecule has 1 saturated heterocycles. The molecule has 1 fully saturated rings. The smallest absolute Gasteiger partial charge is 0.408 e. The summed E-state index contributed by atoms with van der Waals surface area (Å²) in [7, 11) is 0. The van der Waals surface area contributed by atoms with E-state index in [9.17, 15) is 19.2 Å². The van der Waals surface area contributed by atoms with Gasteiger partial charge in [0.1, 0.15) is 18.7 Å². The molecule has 3 N–H and O–H groups in total. The van der Waals surface area contributed by atoms with Crippen LogP contribution in [-0.2, 0) is 25.7 Å². The van der Waals surface area contributed by atoms with Crippen molar-refractivity contribution in [2.45, 2.75) is 51.4 Å². The first kappa shape index (κ1) is 19.4. The van der Waals surface area contributed by atoms with Crippen LogP contribution in [0.2, 0.25) is 0 Å². The molecule has 140 valence electrons. The van der Waals surface area contributed by atoms with Gasteiger partial charge in [0, 0.05) is 6.04 Å². The van der Waals surface area contributed by atoms with Gasteiger partial charge in [-0.15, -0.1) is 0 Å². The molecule has 0 saturated carbocycles. The zero-order valence-corrected chi connectivity index (χ0v) is 14.8. The molecular formula is C18H23N3O5. The minimum Gasteiger partial charge on any atom is -0.445 e. The first-order chi connectivity index (χ1) is 12.3. The number of nitrogens with one attached hydrogen (secondary N) is 1. The number of hydrogen-bond donors (Lipinski definition) is 2. The molecule has 8 heteroatoms. The predicted molar refractivity (Wildman–Crippen MR) is 92.8 cm³/mol. The van der Waals surface area contributed by atoms with Crippen LogP contribution >= 0.6 is 0 Å². The van der Waals surface area contributed by atoms with Gasteiger partial charge in [-0.25, -0.2) is 4.79 Å². The van der Waals surface area contributed by atoms with Crippen molar-refractivity contribution >= 4 is 23.7 Å². The lowest BCUT2D eigenvalue weighted by Crippen LogP contribution is -2.51. The summed E-state index contributed by atoms with van der Waals surface area (Å²) >= 11 is 0. The molecule has 0 bridgehead atoms. The van der Waals surface area contributed by atoms with Gasteiger partial charge in [-0.2, -0.15) is 0 Å². The lowest BCUT2D eigenvalue weighted by Gasteiger charge is -2.29. The molecule has 0 aromatic heterocycles. The summed E-state index contributed by atoms with van der Waals surface area (Å²) in [6.07, 6.45) is -0.124. The number of ketones is 1. The van der Waals surface area contributed by atoms with E-state index in [-0.39, 0.29) is 19.1 Å². The summed E-state index contributed by atoms with van der Waals surface area (Å²) in [5, 5.41) is 2.53. The van der Waals surface area contributed by atoms with Crippen LogP contribution in [0.5, 0.6) is 0 Å². The first-order valence-electron chi connectivity index (χ1n) is 8.48. The fraction of sp³-hybridized carbons (Fsp3) is 0.444. The summed E-state index contributed by atoms with van der Waals surface area (Å²) in [6.45, 7) is 3.54. The Labute approximate surface area is 151 Å². The molecule has 26 heavy (non-hydrogen) atoms. The van der Waals surface area contributed by atoms with Gasteiger partial charge in [0.2, 0.25) is 11.7 Å². The maximum absolute atomic E-state index is 12.6. The minimum absolute atomic E-state index is 0.0879. The summed E-state index contributed by atoms with van der Waals surface area (Å²) in [6, 6.07) is 7.13. The van der Waals surface area contributed by atoms with E-state index < -0.39 is 35.8 Å². The van der Waals surface area contributed by atoms with Crippen molar-refractivity contribution in [3.63, 3.8) is 0 Å². The lowest BCUT2D eigenvalue weighted by molar-refractivity contribution is -0.144. The molecule has 1 aromatic rings. The van der Waals surface area contributed by atoms with Gasteiger partial charge in [0.05, 0.1) is 0 Å². The van der Waals surface area contributed by atoms with Crippen LogP contribution in [0.3, 0.4) is 0 Å². The van der Waals surface area contributed by atoms with Crippen molar-refractivity contribution in [3.8, 4) is 0 Å². The summed E-state index contributed by atoms with van der Waals surface area (Å²) in [5.74, 6) is -2.30. The molecule has 1 unspecified atom stereocenters. The number of rotatable bonds is 7. The van der Waals surface area contributed by atoms with Crippen molar-refractivity contribution in [1.29, 1.82) is 0 Å². The summed E-state index contributed by atoms with van der Waals surface area (Å²) in [5.41, 5.74) is 5.89. The fourth-order valence-electron chi connectivity index (χ4n) is 3.11. The van der Waals surface area contributed by atoms with Crippen molar-refractivity contribution in [1.82, 2.24) is 10.2 Å². The van der Waals surface area contributed by atoms with Crippen molar-refractivity contribution in [2.75, 3.05) is 0 Å². The van der Waals surface area contributed by atoms with Gasteiger partial charge in [-0.3, -0.25) is 14.4 Å². The Morgan fingerprint density at radius 2 is 1.96 bits per heavy atom. The molecule has 8 nitrogen and oxygen atoms in total. The highest BCUT2D eigenvalue weighted by Crippen LogP contribution is 2.24. The predicted octanol–water partition coefficient (Wildman–Crippen LogP) is 0.735. The zero-order chi connectivity index (χ0) is 19.3. The number of hydrogen-bond acceptors (Lipinski definition) is 5. The molecule has 1 heterocycles. The normalized spacial score (nSPS) is 20.5. The second kappa shape index (κ2) is 8.46. The average Bonchev–Trinajstić information content (AvgIpc) is 2.89. The Balaban J connectivity index is 1.97. The van der Waals surface area contributed by atoms with E-state index in [0.29, 0.717) is 6.42 Å². The third kappa shape index (κ3) is 4.38. The molecule has 0 radical (unpaired) electrons. The van der Waals surface area contributed by atoms with Gasteiger partial charge in [-0.1, -0.05) is 37.3 Å². The summed E-state index contributed by atoms with van der Waals surface area (Å²) < 4.78 is 5.12. The van der Waals surface area contributed by atoms with E-state index in [2.05, 4.69) is 5.32 Å². The Kier molecular flexibility index (Phi) is 6.32. The number of alkyl carbamates (subject to hydrolysis) is 1. The highest BCUT2D eigenvalue weighted by Gasteiger charge is 2.44. The van der Waals surface area contributed by atoms with Gasteiger partial charge >= 0.3 is 6.09 Å². The van der Waals surface area contributed by atoms with Crippen molar-refractivity contribution in [3.05, 3.63) is 35.9 Å². The number of nitrogens with zero attached hydrogens (tertiary/aromatic N) is 1. The molecular weight excluding hydrogens is 338 g/mol. The van der Waals surface area contributed by atoms with E-state index in [0.717, 1.165) is 5.56 Å². The number of nitrogens with two attached hydrogens (primary N) is 1. The van der Waals surface area contributed by atoms with E-state index in [1.54, 1.807) is 13.8 Å². The molecule has 1 aliphatic rings. The van der Waals surface area contributed by atoms with Crippen molar-refractivity contribution in [2.24, 2.45) is 5.73 Å². The highest BCUT2D eigenvalue weighted by atomic mass is 16.5. The van der Waals surface area contributed by atoms with Crippen LogP contribution in [0.1, 0.15) is 32.3 Å². The number of ether oxygens (including phenoxy) is 1. The Bertz CT molecular complexity index is 691. The molecule has 1 aliphatic heterocycles. The number of likely N-dealkylation sites (tertiary alicyclic amines) is 1. The Morgan fingerprint density at radius 1 is 1.31 bits per heavy atom. The zero-order valence-electron chi connectivity index (χ0n) is 14.8. The molecule has 3 amide bonds. The summed E-state index contributed by atoms with van der Waals surface area (Å²) in [4.78, 5) is 49.1. The van der Waals surface area contributed by atoms with E-state index in [1.807, 2.05) is 30.3 Å². The lowest BCUT2D eigenvalue weighted by atomic mass is 10.1. The van der Waals surface area contributed by atoms with E-state index in [1.165, 1.54) is 4.90 Å². The monoisotopic (exact) mass is 361 g/mol. The van der Waals surface area contributed by atoms with Crippen LogP contribution in [0.4, 0.5) is 4.79 Å². The largest absolute Gasteiger partial charge is 0.445 e. The van der Waals surface area contributed by atoms with Crippen LogP contribution in [0, 0.1) is 0 Å².